The Labute approximate surface area is 160 Å². The molecule has 0 unspecified atom stereocenters. The number of fused-ring (bicyclic) bond motifs is 1. The molecule has 0 atom stereocenters. The second kappa shape index (κ2) is 8.09. The predicted octanol–water partition coefficient (Wildman–Crippen LogP) is 2.78. The van der Waals surface area contributed by atoms with Gasteiger partial charge in [0.1, 0.15) is 11.5 Å². The number of nitrogens with one attached hydrogen (secondary N) is 1. The van der Waals surface area contributed by atoms with E-state index >= 15 is 0 Å². The van der Waals surface area contributed by atoms with E-state index in [1.165, 1.54) is 6.07 Å². The topological polar surface area (TPSA) is 90.9 Å². The number of aryl methyl sites for hydroxylation is 1. The highest BCUT2D eigenvalue weighted by Crippen LogP contribution is 2.28. The number of rotatable bonds is 6. The van der Waals surface area contributed by atoms with Crippen molar-refractivity contribution < 1.29 is 28.6 Å². The zero-order chi connectivity index (χ0) is 19.4. The van der Waals surface area contributed by atoms with E-state index in [0.29, 0.717) is 27.8 Å². The van der Waals surface area contributed by atoms with Crippen molar-refractivity contribution in [3.05, 3.63) is 52.5 Å². The second-order valence-corrected chi connectivity index (χ2v) is 6.24. The number of amides is 1. The fourth-order valence-corrected chi connectivity index (χ4v) is 2.49. The van der Waals surface area contributed by atoms with Crippen LogP contribution >= 0.6 is 11.6 Å². The summed E-state index contributed by atoms with van der Waals surface area (Å²) >= 11 is 5.92. The lowest BCUT2D eigenvalue weighted by Crippen LogP contribution is -2.25. The number of benzene rings is 2. The largest absolute Gasteiger partial charge is 0.482 e. The summed E-state index contributed by atoms with van der Waals surface area (Å²) in [5, 5.41) is 3.21. The highest BCUT2D eigenvalue weighted by Gasteiger charge is 2.18. The Morgan fingerprint density at radius 3 is 2.78 bits per heavy atom. The molecular formula is C19H16ClNO6. The molecule has 0 spiro atoms. The first-order valence-electron chi connectivity index (χ1n) is 8.07. The third-order valence-electron chi connectivity index (χ3n) is 3.78. The van der Waals surface area contributed by atoms with E-state index in [4.69, 9.17) is 25.8 Å². The molecule has 27 heavy (non-hydrogen) atoms. The minimum atomic E-state index is -0.675. The molecule has 0 fully saturated rings. The number of Topliss-reactive ketones (excluding diaryl/α,β-unsaturated/α-hetero) is 1. The summed E-state index contributed by atoms with van der Waals surface area (Å²) in [5.41, 5.74) is 1.52. The monoisotopic (exact) mass is 389 g/mol. The maximum absolute atomic E-state index is 12.2. The van der Waals surface area contributed by atoms with Gasteiger partial charge in [0.15, 0.2) is 25.6 Å². The first-order chi connectivity index (χ1) is 12.9. The average Bonchev–Trinajstić information content (AvgIpc) is 2.66. The van der Waals surface area contributed by atoms with Crippen molar-refractivity contribution in [1.29, 1.82) is 0 Å². The van der Waals surface area contributed by atoms with Gasteiger partial charge in [-0.15, -0.1) is 0 Å². The van der Waals surface area contributed by atoms with Crippen molar-refractivity contribution in [2.75, 3.05) is 25.1 Å². The Hall–Kier alpha value is -3.06. The number of ether oxygens (including phenoxy) is 3. The Balaban J connectivity index is 1.51. The Bertz CT molecular complexity index is 911. The summed E-state index contributed by atoms with van der Waals surface area (Å²) in [6, 6.07) is 9.60. The van der Waals surface area contributed by atoms with E-state index in [1.54, 1.807) is 30.3 Å². The molecular weight excluding hydrogens is 374 g/mol. The standard InChI is InChI=1S/C19H16ClNO6/c1-11-6-13(3-4-14(11)20)25-10-19(24)27-8-16(22)12-2-5-17-15(7-12)21-18(23)9-26-17/h2-7H,8-10H2,1H3,(H,21,23). The van der Waals surface area contributed by atoms with Crippen LogP contribution in [0.5, 0.6) is 11.5 Å². The van der Waals surface area contributed by atoms with Gasteiger partial charge in [0, 0.05) is 10.6 Å². The van der Waals surface area contributed by atoms with E-state index in [1.807, 2.05) is 6.92 Å². The van der Waals surface area contributed by atoms with Gasteiger partial charge in [0.2, 0.25) is 0 Å². The number of anilines is 1. The SMILES string of the molecule is Cc1cc(OCC(=O)OCC(=O)c2ccc3c(c2)NC(=O)CO3)ccc1Cl. The maximum atomic E-state index is 12.2. The Morgan fingerprint density at radius 1 is 1.19 bits per heavy atom. The van der Waals surface area contributed by atoms with Crippen molar-refractivity contribution in [1.82, 2.24) is 0 Å². The van der Waals surface area contributed by atoms with Crippen molar-refractivity contribution >= 4 is 34.9 Å². The summed E-state index contributed by atoms with van der Waals surface area (Å²) in [6.45, 7) is 0.987. The van der Waals surface area contributed by atoms with Crippen molar-refractivity contribution in [2.45, 2.75) is 6.92 Å². The predicted molar refractivity (Wildman–Crippen MR) is 97.5 cm³/mol. The lowest BCUT2D eigenvalue weighted by Gasteiger charge is -2.18. The average molecular weight is 390 g/mol. The molecule has 1 N–H and O–H groups in total. The summed E-state index contributed by atoms with van der Waals surface area (Å²) in [7, 11) is 0. The van der Waals surface area contributed by atoms with Crippen molar-refractivity contribution in [2.24, 2.45) is 0 Å². The Kier molecular flexibility index (Phi) is 5.61. The van der Waals surface area contributed by atoms with Crippen LogP contribution in [-0.2, 0) is 14.3 Å². The third-order valence-corrected chi connectivity index (χ3v) is 4.21. The van der Waals surface area contributed by atoms with Crippen LogP contribution in [0, 0.1) is 6.92 Å². The number of hydrogen-bond acceptors (Lipinski definition) is 6. The minimum Gasteiger partial charge on any atom is -0.482 e. The molecule has 1 aliphatic heterocycles. The molecule has 0 bridgehead atoms. The highest BCUT2D eigenvalue weighted by atomic mass is 35.5. The normalized spacial score (nSPS) is 12.4. The zero-order valence-corrected chi connectivity index (χ0v) is 15.2. The smallest absolute Gasteiger partial charge is 0.344 e. The molecule has 0 saturated carbocycles. The van der Waals surface area contributed by atoms with Gasteiger partial charge in [-0.1, -0.05) is 11.6 Å². The second-order valence-electron chi connectivity index (χ2n) is 5.83. The van der Waals surface area contributed by atoms with Crippen LogP contribution in [0.15, 0.2) is 36.4 Å². The number of carbonyl (C=O) groups excluding carboxylic acids is 3. The van der Waals surface area contributed by atoms with Gasteiger partial charge in [-0.25, -0.2) is 4.79 Å². The van der Waals surface area contributed by atoms with Gasteiger partial charge < -0.3 is 19.5 Å². The summed E-state index contributed by atoms with van der Waals surface area (Å²) in [4.78, 5) is 35.3. The Morgan fingerprint density at radius 2 is 2.00 bits per heavy atom. The number of halogens is 1. The molecule has 3 rings (SSSR count). The van der Waals surface area contributed by atoms with Gasteiger partial charge in [-0.05, 0) is 48.9 Å². The number of esters is 1. The molecule has 0 aliphatic carbocycles. The van der Waals surface area contributed by atoms with E-state index in [9.17, 15) is 14.4 Å². The number of hydrogen-bond donors (Lipinski definition) is 1. The molecule has 0 radical (unpaired) electrons. The molecule has 1 amide bonds. The van der Waals surface area contributed by atoms with Crippen LogP contribution in [0.3, 0.4) is 0 Å². The van der Waals surface area contributed by atoms with Gasteiger partial charge in [-0.2, -0.15) is 0 Å². The minimum absolute atomic E-state index is 0.0644. The zero-order valence-electron chi connectivity index (χ0n) is 14.4. The van der Waals surface area contributed by atoms with Crippen molar-refractivity contribution in [3.63, 3.8) is 0 Å². The first kappa shape index (κ1) is 18.7. The van der Waals surface area contributed by atoms with Gasteiger partial charge in [-0.3, -0.25) is 9.59 Å². The van der Waals surface area contributed by atoms with E-state index in [0.717, 1.165) is 5.56 Å². The van der Waals surface area contributed by atoms with Gasteiger partial charge in [0.25, 0.3) is 5.91 Å². The highest BCUT2D eigenvalue weighted by molar-refractivity contribution is 6.31. The van der Waals surface area contributed by atoms with Crippen LogP contribution in [0.4, 0.5) is 5.69 Å². The number of carbonyl (C=O) groups is 3. The molecule has 7 nitrogen and oxygen atoms in total. The molecule has 2 aromatic carbocycles. The molecule has 0 aromatic heterocycles. The fraction of sp³-hybridized carbons (Fsp3) is 0.211. The molecule has 1 heterocycles. The van der Waals surface area contributed by atoms with Crippen LogP contribution < -0.4 is 14.8 Å². The van der Waals surface area contributed by atoms with Crippen LogP contribution in [-0.4, -0.2) is 37.5 Å². The summed E-state index contributed by atoms with van der Waals surface area (Å²) in [6.07, 6.45) is 0. The number of ketones is 1. The lowest BCUT2D eigenvalue weighted by molar-refractivity contribution is -0.144. The molecule has 1 aliphatic rings. The van der Waals surface area contributed by atoms with E-state index < -0.39 is 18.4 Å². The summed E-state index contributed by atoms with van der Waals surface area (Å²) < 4.78 is 15.5. The van der Waals surface area contributed by atoms with Gasteiger partial charge in [0.05, 0.1) is 5.69 Å². The molecule has 8 heteroatoms. The third kappa shape index (κ3) is 4.77. The maximum Gasteiger partial charge on any atom is 0.344 e. The van der Waals surface area contributed by atoms with E-state index in [-0.39, 0.29) is 19.1 Å². The first-order valence-corrected chi connectivity index (χ1v) is 8.44. The molecule has 140 valence electrons. The summed E-state index contributed by atoms with van der Waals surface area (Å²) in [5.74, 6) is -0.424. The quantitative estimate of drug-likeness (QED) is 0.603. The lowest BCUT2D eigenvalue weighted by atomic mass is 10.1. The van der Waals surface area contributed by atoms with E-state index in [2.05, 4.69) is 5.32 Å². The van der Waals surface area contributed by atoms with Gasteiger partial charge >= 0.3 is 5.97 Å². The van der Waals surface area contributed by atoms with Crippen LogP contribution in [0.1, 0.15) is 15.9 Å². The molecule has 2 aromatic rings. The van der Waals surface area contributed by atoms with Crippen molar-refractivity contribution in [3.8, 4) is 11.5 Å². The van der Waals surface area contributed by atoms with Crippen LogP contribution in [0.2, 0.25) is 5.02 Å². The van der Waals surface area contributed by atoms with Crippen LogP contribution in [0.25, 0.3) is 0 Å². The fourth-order valence-electron chi connectivity index (χ4n) is 2.38. The molecule has 0 saturated heterocycles.